The third-order valence-electron chi connectivity index (χ3n) is 5.94. The van der Waals surface area contributed by atoms with E-state index in [1.807, 2.05) is 60.7 Å². The molecule has 0 aliphatic heterocycles. The number of nitrogens with zero attached hydrogens (tertiary/aromatic N) is 1. The summed E-state index contributed by atoms with van der Waals surface area (Å²) in [5, 5.41) is 1.51. The SMILES string of the molecule is FC(F)(F)c1cc(-c2ccc3ccc(-c4ccc(-c5ccccn5)cc4)cc3c2)cc(C(F)(F)F)c1. The zero-order valence-electron chi connectivity index (χ0n) is 18.5. The van der Waals surface area contributed by atoms with Crippen molar-refractivity contribution >= 4 is 10.8 Å². The van der Waals surface area contributed by atoms with Crippen molar-refractivity contribution in [1.29, 1.82) is 0 Å². The minimum atomic E-state index is -4.90. The van der Waals surface area contributed by atoms with E-state index in [4.69, 9.17) is 0 Å². The van der Waals surface area contributed by atoms with Crippen LogP contribution >= 0.6 is 0 Å². The second kappa shape index (κ2) is 8.82. The highest BCUT2D eigenvalue weighted by Gasteiger charge is 2.37. The first-order valence-electron chi connectivity index (χ1n) is 10.9. The zero-order chi connectivity index (χ0) is 25.5. The topological polar surface area (TPSA) is 12.9 Å². The van der Waals surface area contributed by atoms with Gasteiger partial charge in [0.1, 0.15) is 0 Å². The van der Waals surface area contributed by atoms with E-state index in [0.29, 0.717) is 5.39 Å². The van der Waals surface area contributed by atoms with Crippen LogP contribution in [0, 0.1) is 0 Å². The molecule has 36 heavy (non-hydrogen) atoms. The lowest BCUT2D eigenvalue weighted by Gasteiger charge is -2.15. The monoisotopic (exact) mass is 493 g/mol. The minimum absolute atomic E-state index is 0.136. The van der Waals surface area contributed by atoms with Crippen molar-refractivity contribution in [2.24, 2.45) is 0 Å². The zero-order valence-corrected chi connectivity index (χ0v) is 18.5. The number of hydrogen-bond donors (Lipinski definition) is 0. The van der Waals surface area contributed by atoms with E-state index in [2.05, 4.69) is 4.98 Å². The van der Waals surface area contributed by atoms with E-state index in [0.717, 1.165) is 39.9 Å². The third kappa shape index (κ3) is 4.82. The molecule has 5 rings (SSSR count). The summed E-state index contributed by atoms with van der Waals surface area (Å²) in [7, 11) is 0. The van der Waals surface area contributed by atoms with Gasteiger partial charge >= 0.3 is 12.4 Å². The number of rotatable bonds is 3. The van der Waals surface area contributed by atoms with Crippen LogP contribution in [0.5, 0.6) is 0 Å². The summed E-state index contributed by atoms with van der Waals surface area (Å²) in [6, 6.07) is 25.5. The van der Waals surface area contributed by atoms with Crippen LogP contribution in [0.25, 0.3) is 44.3 Å². The molecule has 0 saturated heterocycles. The molecule has 1 nitrogen and oxygen atoms in total. The van der Waals surface area contributed by atoms with Gasteiger partial charge in [0.05, 0.1) is 16.8 Å². The van der Waals surface area contributed by atoms with Gasteiger partial charge in [0.15, 0.2) is 0 Å². The predicted molar refractivity (Wildman–Crippen MR) is 128 cm³/mol. The Morgan fingerprint density at radius 1 is 0.444 bits per heavy atom. The molecule has 0 aliphatic rings. The van der Waals surface area contributed by atoms with Crippen molar-refractivity contribution in [2.75, 3.05) is 0 Å². The quantitative estimate of drug-likeness (QED) is 0.228. The summed E-state index contributed by atoms with van der Waals surface area (Å²) < 4.78 is 79.9. The maximum absolute atomic E-state index is 13.3. The minimum Gasteiger partial charge on any atom is -0.256 e. The van der Waals surface area contributed by atoms with E-state index in [-0.39, 0.29) is 17.2 Å². The van der Waals surface area contributed by atoms with Gasteiger partial charge in [0.2, 0.25) is 0 Å². The van der Waals surface area contributed by atoms with Crippen molar-refractivity contribution in [2.45, 2.75) is 12.4 Å². The van der Waals surface area contributed by atoms with Crippen molar-refractivity contribution in [3.8, 4) is 33.5 Å². The lowest BCUT2D eigenvalue weighted by atomic mass is 9.95. The predicted octanol–water partition coefficient (Wildman–Crippen LogP) is 9.27. The first-order valence-corrected chi connectivity index (χ1v) is 10.9. The first kappa shape index (κ1) is 23.6. The van der Waals surface area contributed by atoms with E-state index in [9.17, 15) is 26.3 Å². The molecule has 0 aliphatic carbocycles. The molecule has 0 radical (unpaired) electrons. The molecule has 0 amide bonds. The van der Waals surface area contributed by atoms with Gasteiger partial charge in [-0.15, -0.1) is 0 Å². The van der Waals surface area contributed by atoms with Crippen LogP contribution in [0.3, 0.4) is 0 Å². The molecular formula is C29H17F6N. The van der Waals surface area contributed by atoms with Crippen LogP contribution in [-0.2, 0) is 12.4 Å². The normalized spacial score (nSPS) is 12.2. The lowest BCUT2D eigenvalue weighted by molar-refractivity contribution is -0.143. The standard InChI is InChI=1S/C29H17F6N/c30-28(31,32)25-15-24(16-26(17-25)29(33,34)35)22-11-7-19-6-10-21(13-23(19)14-22)18-4-8-20(9-5-18)27-3-1-2-12-36-27/h1-17H. The molecule has 0 saturated carbocycles. The third-order valence-corrected chi connectivity index (χ3v) is 5.94. The summed E-state index contributed by atoms with van der Waals surface area (Å²) >= 11 is 0. The van der Waals surface area contributed by atoms with Gasteiger partial charge in [-0.05, 0) is 75.5 Å². The highest BCUT2D eigenvalue weighted by Crippen LogP contribution is 2.39. The van der Waals surface area contributed by atoms with E-state index >= 15 is 0 Å². The molecule has 180 valence electrons. The van der Waals surface area contributed by atoms with Crippen LogP contribution in [0.4, 0.5) is 26.3 Å². The van der Waals surface area contributed by atoms with Crippen LogP contribution in [-0.4, -0.2) is 4.98 Å². The average molecular weight is 493 g/mol. The molecule has 0 bridgehead atoms. The second-order valence-electron chi connectivity index (χ2n) is 8.36. The summed E-state index contributed by atoms with van der Waals surface area (Å²) in [6.07, 6.45) is -8.09. The largest absolute Gasteiger partial charge is 0.416 e. The van der Waals surface area contributed by atoms with Crippen LogP contribution < -0.4 is 0 Å². The van der Waals surface area contributed by atoms with Gasteiger partial charge in [0.25, 0.3) is 0 Å². The van der Waals surface area contributed by atoms with E-state index < -0.39 is 23.5 Å². The number of alkyl halides is 6. The van der Waals surface area contributed by atoms with E-state index in [1.54, 1.807) is 18.3 Å². The smallest absolute Gasteiger partial charge is 0.256 e. The Morgan fingerprint density at radius 2 is 0.972 bits per heavy atom. The van der Waals surface area contributed by atoms with E-state index in [1.165, 1.54) is 6.07 Å². The number of fused-ring (bicyclic) bond motifs is 1. The van der Waals surface area contributed by atoms with Gasteiger partial charge in [0, 0.05) is 11.8 Å². The number of hydrogen-bond acceptors (Lipinski definition) is 1. The number of halogens is 6. The Morgan fingerprint density at radius 3 is 1.50 bits per heavy atom. The molecule has 5 aromatic rings. The van der Waals surface area contributed by atoms with Crippen molar-refractivity contribution in [1.82, 2.24) is 4.98 Å². The van der Waals surface area contributed by atoms with Crippen molar-refractivity contribution in [3.05, 3.63) is 114 Å². The lowest BCUT2D eigenvalue weighted by Crippen LogP contribution is -2.11. The van der Waals surface area contributed by atoms with Gasteiger partial charge in [-0.3, -0.25) is 4.98 Å². The Bertz CT molecular complexity index is 1500. The molecule has 4 aromatic carbocycles. The summed E-state index contributed by atoms with van der Waals surface area (Å²) in [5.74, 6) is 0. The van der Waals surface area contributed by atoms with Gasteiger partial charge < -0.3 is 0 Å². The van der Waals surface area contributed by atoms with Crippen LogP contribution in [0.1, 0.15) is 11.1 Å². The first-order chi connectivity index (χ1) is 17.1. The Kier molecular flexibility index (Phi) is 5.79. The second-order valence-corrected chi connectivity index (χ2v) is 8.36. The summed E-state index contributed by atoms with van der Waals surface area (Å²) in [6.45, 7) is 0. The number of aromatic nitrogens is 1. The molecule has 1 aromatic heterocycles. The van der Waals surface area contributed by atoms with Crippen molar-refractivity contribution in [3.63, 3.8) is 0 Å². The molecule has 1 heterocycles. The molecule has 0 N–H and O–H groups in total. The molecule has 0 atom stereocenters. The van der Waals surface area contributed by atoms with Gasteiger partial charge in [-0.2, -0.15) is 26.3 Å². The number of pyridine rings is 1. The molecule has 0 spiro atoms. The Hall–Kier alpha value is -4.13. The Balaban J connectivity index is 1.55. The molecule has 0 unspecified atom stereocenters. The average Bonchev–Trinajstić information content (AvgIpc) is 2.87. The number of benzene rings is 4. The fourth-order valence-electron chi connectivity index (χ4n) is 4.09. The summed E-state index contributed by atoms with van der Waals surface area (Å²) in [5.41, 5.74) is 1.01. The Labute approximate surface area is 202 Å². The van der Waals surface area contributed by atoms with Crippen molar-refractivity contribution < 1.29 is 26.3 Å². The highest BCUT2D eigenvalue weighted by molar-refractivity contribution is 5.91. The molecule has 0 fully saturated rings. The van der Waals surface area contributed by atoms with Gasteiger partial charge in [-0.25, -0.2) is 0 Å². The maximum atomic E-state index is 13.3. The summed E-state index contributed by atoms with van der Waals surface area (Å²) in [4.78, 5) is 4.33. The highest BCUT2D eigenvalue weighted by atomic mass is 19.4. The fourth-order valence-corrected chi connectivity index (χ4v) is 4.09. The fraction of sp³-hybridized carbons (Fsp3) is 0.0690. The van der Waals surface area contributed by atoms with Crippen LogP contribution in [0.15, 0.2) is 103 Å². The molecule has 7 heteroatoms. The molecular weight excluding hydrogens is 476 g/mol. The van der Waals surface area contributed by atoms with Crippen LogP contribution in [0.2, 0.25) is 0 Å². The van der Waals surface area contributed by atoms with Gasteiger partial charge in [-0.1, -0.05) is 54.6 Å². The maximum Gasteiger partial charge on any atom is 0.416 e.